The Kier molecular flexibility index (Phi) is 4.38. The zero-order valence-corrected chi connectivity index (χ0v) is 13.6. The second-order valence-electron chi connectivity index (χ2n) is 5.03. The van der Waals surface area contributed by atoms with Crippen molar-refractivity contribution in [2.75, 3.05) is 7.05 Å². The highest BCUT2D eigenvalue weighted by atomic mass is 32.1. The molecule has 3 aromatic heterocycles. The Morgan fingerprint density at radius 3 is 2.57 bits per heavy atom. The molecule has 23 heavy (non-hydrogen) atoms. The summed E-state index contributed by atoms with van der Waals surface area (Å²) in [7, 11) is 1.77. The van der Waals surface area contributed by atoms with Crippen molar-refractivity contribution in [1.82, 2.24) is 24.8 Å². The summed E-state index contributed by atoms with van der Waals surface area (Å²) in [4.78, 5) is 31.9. The molecular formula is C16H15N5OS. The zero-order valence-electron chi connectivity index (χ0n) is 12.7. The molecule has 0 saturated carbocycles. The van der Waals surface area contributed by atoms with Gasteiger partial charge in [0.05, 0.1) is 17.1 Å². The van der Waals surface area contributed by atoms with E-state index in [-0.39, 0.29) is 11.9 Å². The van der Waals surface area contributed by atoms with Gasteiger partial charge < -0.3 is 4.90 Å². The van der Waals surface area contributed by atoms with E-state index >= 15 is 0 Å². The molecule has 0 aliphatic rings. The van der Waals surface area contributed by atoms with Gasteiger partial charge in [0.15, 0.2) is 5.82 Å². The minimum atomic E-state index is -0.122. The van der Waals surface area contributed by atoms with E-state index in [2.05, 4.69) is 19.9 Å². The van der Waals surface area contributed by atoms with Gasteiger partial charge in [-0.1, -0.05) is 0 Å². The molecule has 0 bridgehead atoms. The maximum Gasteiger partial charge on any atom is 0.257 e. The molecular weight excluding hydrogens is 310 g/mol. The van der Waals surface area contributed by atoms with Gasteiger partial charge in [-0.15, -0.1) is 11.3 Å². The van der Waals surface area contributed by atoms with Crippen molar-refractivity contribution in [3.8, 4) is 11.4 Å². The lowest BCUT2D eigenvalue weighted by Crippen LogP contribution is -2.29. The first-order chi connectivity index (χ1) is 11.2. The summed E-state index contributed by atoms with van der Waals surface area (Å²) in [5, 5.41) is 0. The fraction of sp³-hybridized carbons (Fsp3) is 0.188. The molecule has 0 radical (unpaired) electrons. The van der Waals surface area contributed by atoms with Crippen molar-refractivity contribution in [2.45, 2.75) is 13.0 Å². The molecule has 0 unspecified atom stereocenters. The molecule has 116 valence electrons. The van der Waals surface area contributed by atoms with Crippen LogP contribution in [0.5, 0.6) is 0 Å². The Morgan fingerprint density at radius 1 is 1.17 bits per heavy atom. The highest BCUT2D eigenvalue weighted by Gasteiger charge is 2.20. The van der Waals surface area contributed by atoms with E-state index in [0.717, 1.165) is 10.4 Å². The van der Waals surface area contributed by atoms with Crippen molar-refractivity contribution < 1.29 is 4.79 Å². The van der Waals surface area contributed by atoms with Crippen LogP contribution in [0, 0.1) is 0 Å². The van der Waals surface area contributed by atoms with Gasteiger partial charge in [0, 0.05) is 48.5 Å². The number of carbonyl (C=O) groups excluding carboxylic acids is 1. The molecule has 0 N–H and O–H groups in total. The molecule has 3 heterocycles. The number of pyridine rings is 1. The van der Waals surface area contributed by atoms with E-state index in [1.54, 1.807) is 48.4 Å². The van der Waals surface area contributed by atoms with Crippen LogP contribution >= 0.6 is 11.3 Å². The number of hydrogen-bond acceptors (Lipinski definition) is 6. The van der Waals surface area contributed by atoms with Gasteiger partial charge in [0.1, 0.15) is 0 Å². The van der Waals surface area contributed by atoms with Crippen LogP contribution in [-0.4, -0.2) is 37.8 Å². The maximum atomic E-state index is 12.5. The maximum absolute atomic E-state index is 12.5. The van der Waals surface area contributed by atoms with E-state index in [0.29, 0.717) is 11.4 Å². The SMILES string of the molecule is C[C@H](c1cncs1)N(C)C(=O)c1cnc(-c2cccnc2)nc1. The highest BCUT2D eigenvalue weighted by Crippen LogP contribution is 2.23. The van der Waals surface area contributed by atoms with Crippen LogP contribution < -0.4 is 0 Å². The molecule has 6 nitrogen and oxygen atoms in total. The predicted octanol–water partition coefficient (Wildman–Crippen LogP) is 2.83. The number of hydrogen-bond donors (Lipinski definition) is 0. The second-order valence-corrected chi connectivity index (χ2v) is 5.95. The van der Waals surface area contributed by atoms with Crippen molar-refractivity contribution in [3.05, 3.63) is 59.1 Å². The van der Waals surface area contributed by atoms with Crippen LogP contribution in [0.25, 0.3) is 11.4 Å². The van der Waals surface area contributed by atoms with E-state index in [4.69, 9.17) is 0 Å². The van der Waals surface area contributed by atoms with Crippen LogP contribution in [0.4, 0.5) is 0 Å². The molecule has 0 aromatic carbocycles. The van der Waals surface area contributed by atoms with E-state index in [9.17, 15) is 4.79 Å². The number of rotatable bonds is 4. The summed E-state index contributed by atoms with van der Waals surface area (Å²) in [6, 6.07) is 3.65. The average Bonchev–Trinajstić information content (AvgIpc) is 3.15. The first kappa shape index (κ1) is 15.2. The molecule has 0 spiro atoms. The first-order valence-electron chi connectivity index (χ1n) is 7.05. The molecule has 3 rings (SSSR count). The minimum absolute atomic E-state index is 0.0481. The lowest BCUT2D eigenvalue weighted by Gasteiger charge is -2.23. The topological polar surface area (TPSA) is 71.9 Å². The number of nitrogens with zero attached hydrogens (tertiary/aromatic N) is 5. The lowest BCUT2D eigenvalue weighted by atomic mass is 10.2. The van der Waals surface area contributed by atoms with Crippen LogP contribution in [-0.2, 0) is 0 Å². The third kappa shape index (κ3) is 3.24. The molecule has 1 amide bonds. The normalized spacial score (nSPS) is 11.9. The molecule has 0 aliphatic carbocycles. The molecule has 0 aliphatic heterocycles. The standard InChI is InChI=1S/C16H15N5OS/c1-11(14-9-18-10-23-14)21(2)16(22)13-7-19-15(20-8-13)12-4-3-5-17-6-12/h3-11H,1-2H3/t11-/m1/s1. The highest BCUT2D eigenvalue weighted by molar-refractivity contribution is 7.09. The van der Waals surface area contributed by atoms with Crippen LogP contribution in [0.2, 0.25) is 0 Å². The summed E-state index contributed by atoms with van der Waals surface area (Å²) in [5.41, 5.74) is 3.03. The third-order valence-electron chi connectivity index (χ3n) is 3.58. The van der Waals surface area contributed by atoms with E-state index < -0.39 is 0 Å². The Hall–Kier alpha value is -2.67. The Bertz CT molecular complexity index is 774. The fourth-order valence-corrected chi connectivity index (χ4v) is 2.81. The van der Waals surface area contributed by atoms with Gasteiger partial charge in [-0.05, 0) is 19.1 Å². The van der Waals surface area contributed by atoms with Crippen LogP contribution in [0.3, 0.4) is 0 Å². The average molecular weight is 325 g/mol. The molecule has 0 fully saturated rings. The summed E-state index contributed by atoms with van der Waals surface area (Å²) >= 11 is 1.53. The van der Waals surface area contributed by atoms with Crippen molar-refractivity contribution in [3.63, 3.8) is 0 Å². The molecule has 7 heteroatoms. The summed E-state index contributed by atoms with van der Waals surface area (Å²) < 4.78 is 0. The Morgan fingerprint density at radius 2 is 1.96 bits per heavy atom. The van der Waals surface area contributed by atoms with Crippen molar-refractivity contribution >= 4 is 17.2 Å². The van der Waals surface area contributed by atoms with Gasteiger partial charge in [0.2, 0.25) is 0 Å². The van der Waals surface area contributed by atoms with Crippen LogP contribution in [0.1, 0.15) is 28.2 Å². The second kappa shape index (κ2) is 6.62. The third-order valence-corrected chi connectivity index (χ3v) is 4.53. The van der Waals surface area contributed by atoms with Gasteiger partial charge in [-0.25, -0.2) is 9.97 Å². The predicted molar refractivity (Wildman–Crippen MR) is 87.9 cm³/mol. The van der Waals surface area contributed by atoms with Crippen molar-refractivity contribution in [2.24, 2.45) is 0 Å². The van der Waals surface area contributed by atoms with Crippen LogP contribution in [0.15, 0.2) is 48.6 Å². The van der Waals surface area contributed by atoms with Gasteiger partial charge >= 0.3 is 0 Å². The fourth-order valence-electron chi connectivity index (χ4n) is 2.08. The summed E-state index contributed by atoms with van der Waals surface area (Å²) in [5.74, 6) is 0.427. The Balaban J connectivity index is 1.78. The smallest absolute Gasteiger partial charge is 0.257 e. The van der Waals surface area contributed by atoms with Gasteiger partial charge in [0.25, 0.3) is 5.91 Å². The van der Waals surface area contributed by atoms with Gasteiger partial charge in [-0.3, -0.25) is 14.8 Å². The zero-order chi connectivity index (χ0) is 16.2. The quantitative estimate of drug-likeness (QED) is 0.737. The largest absolute Gasteiger partial charge is 0.334 e. The number of carbonyl (C=O) groups is 1. The summed E-state index contributed by atoms with van der Waals surface area (Å²) in [6.45, 7) is 1.97. The van der Waals surface area contributed by atoms with Crippen molar-refractivity contribution in [1.29, 1.82) is 0 Å². The van der Waals surface area contributed by atoms with E-state index in [1.165, 1.54) is 11.3 Å². The number of amides is 1. The molecule has 1 atom stereocenters. The number of thiazole rings is 1. The molecule has 0 saturated heterocycles. The lowest BCUT2D eigenvalue weighted by molar-refractivity contribution is 0.0744. The minimum Gasteiger partial charge on any atom is -0.334 e. The van der Waals surface area contributed by atoms with E-state index in [1.807, 2.05) is 19.1 Å². The Labute approximate surface area is 137 Å². The number of aromatic nitrogens is 4. The summed E-state index contributed by atoms with van der Waals surface area (Å²) in [6.07, 6.45) is 8.26. The monoisotopic (exact) mass is 325 g/mol. The molecule has 3 aromatic rings. The van der Waals surface area contributed by atoms with Gasteiger partial charge in [-0.2, -0.15) is 0 Å². The first-order valence-corrected chi connectivity index (χ1v) is 7.93.